The second kappa shape index (κ2) is 7.04. The fourth-order valence-electron chi connectivity index (χ4n) is 1.88. The molecular weight excluding hydrogens is 307 g/mol. The number of carbonyl (C=O) groups excluding carboxylic acids is 2. The lowest BCUT2D eigenvalue weighted by Crippen LogP contribution is -2.36. The van der Waals surface area contributed by atoms with Gasteiger partial charge in [-0.3, -0.25) is 9.59 Å². The van der Waals surface area contributed by atoms with E-state index in [1.54, 1.807) is 24.3 Å². The van der Waals surface area contributed by atoms with E-state index in [4.69, 9.17) is 11.6 Å². The Morgan fingerprint density at radius 3 is 2.23 bits per heavy atom. The summed E-state index contributed by atoms with van der Waals surface area (Å²) in [6.07, 6.45) is 0. The predicted molar refractivity (Wildman–Crippen MR) is 84.5 cm³/mol. The van der Waals surface area contributed by atoms with Crippen LogP contribution in [-0.4, -0.2) is 18.4 Å². The quantitative estimate of drug-likeness (QED) is 0.937. The van der Waals surface area contributed by atoms with Crippen LogP contribution in [0.15, 0.2) is 48.5 Å². The molecule has 1 N–H and O–H groups in total. The number of hydrogen-bond acceptors (Lipinski definition) is 2. The number of rotatable bonds is 4. The summed E-state index contributed by atoms with van der Waals surface area (Å²) < 4.78 is 12.8. The van der Waals surface area contributed by atoms with E-state index in [9.17, 15) is 14.0 Å². The average molecular weight is 321 g/mol. The summed E-state index contributed by atoms with van der Waals surface area (Å²) in [5, 5.41) is 3.15. The number of hydrogen-bond donors (Lipinski definition) is 1. The zero-order valence-corrected chi connectivity index (χ0v) is 12.6. The Morgan fingerprint density at radius 1 is 1.09 bits per heavy atom. The van der Waals surface area contributed by atoms with Crippen molar-refractivity contribution in [1.29, 1.82) is 0 Å². The van der Waals surface area contributed by atoms with Gasteiger partial charge in [0.05, 0.1) is 0 Å². The topological polar surface area (TPSA) is 49.4 Å². The average Bonchev–Trinajstić information content (AvgIpc) is 2.48. The Bertz CT molecular complexity index is 672. The highest BCUT2D eigenvalue weighted by Crippen LogP contribution is 2.18. The predicted octanol–water partition coefficient (Wildman–Crippen LogP) is 3.47. The first-order chi connectivity index (χ1) is 10.5. The SMILES string of the molecule is CC(=O)N(CC(=O)Nc1ccc(F)cc1)c1ccc(Cl)cc1. The van der Waals surface area contributed by atoms with Crippen molar-refractivity contribution >= 4 is 34.8 Å². The van der Waals surface area contributed by atoms with E-state index in [1.165, 1.54) is 36.1 Å². The van der Waals surface area contributed by atoms with Crippen molar-refractivity contribution in [3.05, 3.63) is 59.4 Å². The van der Waals surface area contributed by atoms with E-state index >= 15 is 0 Å². The fourth-order valence-corrected chi connectivity index (χ4v) is 2.01. The Balaban J connectivity index is 2.07. The maximum atomic E-state index is 12.8. The minimum atomic E-state index is -0.385. The lowest BCUT2D eigenvalue weighted by molar-refractivity contribution is -0.120. The molecule has 2 amide bonds. The molecule has 0 unspecified atom stereocenters. The zero-order chi connectivity index (χ0) is 16.1. The highest BCUT2D eigenvalue weighted by molar-refractivity contribution is 6.30. The lowest BCUT2D eigenvalue weighted by Gasteiger charge is -2.20. The molecule has 2 aromatic carbocycles. The molecule has 6 heteroatoms. The summed E-state index contributed by atoms with van der Waals surface area (Å²) >= 11 is 5.81. The normalized spacial score (nSPS) is 10.1. The largest absolute Gasteiger partial charge is 0.325 e. The summed E-state index contributed by atoms with van der Waals surface area (Å²) in [6, 6.07) is 12.0. The Labute approximate surface area is 132 Å². The Kier molecular flexibility index (Phi) is 5.12. The van der Waals surface area contributed by atoms with Gasteiger partial charge in [-0.05, 0) is 48.5 Å². The van der Waals surface area contributed by atoms with E-state index in [0.29, 0.717) is 16.4 Å². The summed E-state index contributed by atoms with van der Waals surface area (Å²) in [7, 11) is 0. The van der Waals surface area contributed by atoms with Crippen LogP contribution in [0.5, 0.6) is 0 Å². The first kappa shape index (κ1) is 16.0. The molecule has 0 aromatic heterocycles. The van der Waals surface area contributed by atoms with Crippen LogP contribution in [-0.2, 0) is 9.59 Å². The van der Waals surface area contributed by atoms with Crippen LogP contribution < -0.4 is 10.2 Å². The first-order valence-electron chi connectivity index (χ1n) is 6.55. The van der Waals surface area contributed by atoms with E-state index in [2.05, 4.69) is 5.32 Å². The van der Waals surface area contributed by atoms with Gasteiger partial charge in [0.1, 0.15) is 12.4 Å². The van der Waals surface area contributed by atoms with Gasteiger partial charge >= 0.3 is 0 Å². The van der Waals surface area contributed by atoms with Crippen molar-refractivity contribution in [2.45, 2.75) is 6.92 Å². The number of benzene rings is 2. The van der Waals surface area contributed by atoms with Crippen molar-refractivity contribution in [3.8, 4) is 0 Å². The number of amides is 2. The minimum Gasteiger partial charge on any atom is -0.325 e. The first-order valence-corrected chi connectivity index (χ1v) is 6.92. The van der Waals surface area contributed by atoms with Crippen LogP contribution in [0.3, 0.4) is 0 Å². The van der Waals surface area contributed by atoms with Gasteiger partial charge in [-0.15, -0.1) is 0 Å². The van der Waals surface area contributed by atoms with Crippen molar-refractivity contribution < 1.29 is 14.0 Å². The van der Waals surface area contributed by atoms with Gasteiger partial charge in [-0.2, -0.15) is 0 Å². The molecule has 4 nitrogen and oxygen atoms in total. The molecule has 0 saturated heterocycles. The van der Waals surface area contributed by atoms with Crippen molar-refractivity contribution in [2.75, 3.05) is 16.8 Å². The second-order valence-electron chi connectivity index (χ2n) is 4.64. The molecule has 0 saturated carbocycles. The molecule has 0 fully saturated rings. The molecule has 22 heavy (non-hydrogen) atoms. The van der Waals surface area contributed by atoms with Gasteiger partial charge in [-0.1, -0.05) is 11.6 Å². The van der Waals surface area contributed by atoms with Crippen LogP contribution in [0.25, 0.3) is 0 Å². The number of nitrogens with zero attached hydrogens (tertiary/aromatic N) is 1. The molecule has 2 aromatic rings. The van der Waals surface area contributed by atoms with Crippen molar-refractivity contribution in [2.24, 2.45) is 0 Å². The van der Waals surface area contributed by atoms with Crippen molar-refractivity contribution in [1.82, 2.24) is 0 Å². The van der Waals surface area contributed by atoms with Gasteiger partial charge < -0.3 is 10.2 Å². The molecule has 114 valence electrons. The molecule has 0 radical (unpaired) electrons. The van der Waals surface area contributed by atoms with Crippen LogP contribution in [0.1, 0.15) is 6.92 Å². The third-order valence-electron chi connectivity index (χ3n) is 2.95. The van der Waals surface area contributed by atoms with E-state index < -0.39 is 0 Å². The molecule has 0 heterocycles. The minimum absolute atomic E-state index is 0.145. The highest BCUT2D eigenvalue weighted by Gasteiger charge is 2.15. The highest BCUT2D eigenvalue weighted by atomic mass is 35.5. The molecule has 2 rings (SSSR count). The second-order valence-corrected chi connectivity index (χ2v) is 5.07. The van der Waals surface area contributed by atoms with Crippen LogP contribution in [0, 0.1) is 5.82 Å². The van der Waals surface area contributed by atoms with Gasteiger partial charge in [0, 0.05) is 23.3 Å². The third kappa shape index (κ3) is 4.30. The Morgan fingerprint density at radius 2 is 1.68 bits per heavy atom. The summed E-state index contributed by atoms with van der Waals surface area (Å²) in [5.41, 5.74) is 1.04. The van der Waals surface area contributed by atoms with Gasteiger partial charge in [0.15, 0.2) is 0 Å². The fraction of sp³-hybridized carbons (Fsp3) is 0.125. The van der Waals surface area contributed by atoms with Crippen LogP contribution >= 0.6 is 11.6 Å². The summed E-state index contributed by atoms with van der Waals surface area (Å²) in [5.74, 6) is -1.03. The molecule has 0 atom stereocenters. The lowest BCUT2D eigenvalue weighted by atomic mass is 10.2. The van der Waals surface area contributed by atoms with Crippen LogP contribution in [0.2, 0.25) is 5.02 Å². The number of halogens is 2. The standard InChI is InChI=1S/C16H14ClFN2O2/c1-11(21)20(15-8-2-12(17)3-9-15)10-16(22)19-14-6-4-13(18)5-7-14/h2-9H,10H2,1H3,(H,19,22). The molecule has 0 aliphatic heterocycles. The van der Waals surface area contributed by atoms with Crippen LogP contribution in [0.4, 0.5) is 15.8 Å². The van der Waals surface area contributed by atoms with Crippen molar-refractivity contribution in [3.63, 3.8) is 0 Å². The third-order valence-corrected chi connectivity index (χ3v) is 3.20. The number of anilines is 2. The van der Waals surface area contributed by atoms with Gasteiger partial charge in [0.25, 0.3) is 0 Å². The number of nitrogens with one attached hydrogen (secondary N) is 1. The molecular formula is C16H14ClFN2O2. The summed E-state index contributed by atoms with van der Waals surface area (Å²) in [4.78, 5) is 25.1. The molecule has 0 spiro atoms. The number of carbonyl (C=O) groups is 2. The molecule has 0 aliphatic carbocycles. The van der Waals surface area contributed by atoms with Gasteiger partial charge in [-0.25, -0.2) is 4.39 Å². The smallest absolute Gasteiger partial charge is 0.244 e. The Hall–Kier alpha value is -2.40. The molecule has 0 aliphatic rings. The summed E-state index contributed by atoms with van der Waals surface area (Å²) in [6.45, 7) is 1.23. The van der Waals surface area contributed by atoms with E-state index in [0.717, 1.165) is 0 Å². The van der Waals surface area contributed by atoms with E-state index in [-0.39, 0.29) is 24.2 Å². The maximum Gasteiger partial charge on any atom is 0.244 e. The van der Waals surface area contributed by atoms with Gasteiger partial charge in [0.2, 0.25) is 11.8 Å². The monoisotopic (exact) mass is 320 g/mol. The molecule has 0 bridgehead atoms. The van der Waals surface area contributed by atoms with E-state index in [1.807, 2.05) is 0 Å². The zero-order valence-electron chi connectivity index (χ0n) is 11.8. The maximum absolute atomic E-state index is 12.8.